The minimum absolute atomic E-state index is 0.115. The lowest BCUT2D eigenvalue weighted by Crippen LogP contribution is -2.52. The van der Waals surface area contributed by atoms with Gasteiger partial charge in [-0.3, -0.25) is 9.59 Å². The average molecular weight is 386 g/mol. The zero-order chi connectivity index (χ0) is 20.5. The Morgan fingerprint density at radius 2 is 1.68 bits per heavy atom. The summed E-state index contributed by atoms with van der Waals surface area (Å²) in [5, 5.41) is 11.7. The van der Waals surface area contributed by atoms with Gasteiger partial charge in [-0.2, -0.15) is 0 Å². The van der Waals surface area contributed by atoms with Gasteiger partial charge in [-0.25, -0.2) is 4.39 Å². The molecule has 0 aliphatic carbocycles. The lowest BCUT2D eigenvalue weighted by molar-refractivity contribution is -0.143. The number of hydrogen-bond donors (Lipinski definition) is 2. The highest BCUT2D eigenvalue weighted by molar-refractivity contribution is 5.88. The van der Waals surface area contributed by atoms with E-state index in [-0.39, 0.29) is 43.2 Å². The van der Waals surface area contributed by atoms with Crippen molar-refractivity contribution >= 4 is 11.8 Å². The molecular weight excluding hydrogens is 359 g/mol. The molecule has 28 heavy (non-hydrogen) atoms. The molecule has 0 saturated heterocycles. The molecule has 1 atom stereocenters. The number of benzene rings is 2. The van der Waals surface area contributed by atoms with E-state index in [2.05, 4.69) is 5.32 Å². The second-order valence-corrected chi connectivity index (χ2v) is 6.97. The molecule has 2 aromatic carbocycles. The molecule has 2 rings (SSSR count). The molecular formula is C22H27FN2O3. The van der Waals surface area contributed by atoms with Crippen LogP contribution in [0.25, 0.3) is 0 Å². The molecule has 0 spiro atoms. The Bertz CT molecular complexity index is 763. The second kappa shape index (κ2) is 10.6. The molecule has 5 nitrogen and oxygen atoms in total. The molecule has 2 amide bonds. The number of amides is 2. The first-order valence-corrected chi connectivity index (χ1v) is 9.39. The summed E-state index contributed by atoms with van der Waals surface area (Å²) >= 11 is 0. The van der Waals surface area contributed by atoms with Gasteiger partial charge < -0.3 is 15.3 Å². The molecule has 150 valence electrons. The zero-order valence-corrected chi connectivity index (χ0v) is 16.3. The lowest BCUT2D eigenvalue weighted by atomic mass is 10.0. The molecule has 0 fully saturated rings. The molecule has 0 heterocycles. The number of halogens is 1. The van der Waals surface area contributed by atoms with E-state index < -0.39 is 6.04 Å². The summed E-state index contributed by atoms with van der Waals surface area (Å²) < 4.78 is 13.3. The fourth-order valence-corrected chi connectivity index (χ4v) is 2.94. The van der Waals surface area contributed by atoms with Crippen molar-refractivity contribution in [2.45, 2.75) is 32.9 Å². The summed E-state index contributed by atoms with van der Waals surface area (Å²) in [5.74, 6) is -1.14. The van der Waals surface area contributed by atoms with Crippen LogP contribution in [0.4, 0.5) is 4.39 Å². The van der Waals surface area contributed by atoms with Gasteiger partial charge in [0.05, 0.1) is 6.61 Å². The normalized spacial score (nSPS) is 11.9. The lowest BCUT2D eigenvalue weighted by Gasteiger charge is -2.32. The van der Waals surface area contributed by atoms with Crippen molar-refractivity contribution < 1.29 is 19.1 Å². The van der Waals surface area contributed by atoms with E-state index in [0.717, 1.165) is 11.1 Å². The largest absolute Gasteiger partial charge is 0.395 e. The number of carbonyl (C=O) groups is 2. The van der Waals surface area contributed by atoms with Crippen LogP contribution in [0.2, 0.25) is 0 Å². The Balaban J connectivity index is 2.35. The quantitative estimate of drug-likeness (QED) is 0.696. The maximum atomic E-state index is 13.3. The molecule has 2 N–H and O–H groups in total. The van der Waals surface area contributed by atoms with Gasteiger partial charge in [-0.1, -0.05) is 56.3 Å². The van der Waals surface area contributed by atoms with E-state index in [1.807, 2.05) is 30.3 Å². The Morgan fingerprint density at radius 1 is 1.04 bits per heavy atom. The fourth-order valence-electron chi connectivity index (χ4n) is 2.94. The van der Waals surface area contributed by atoms with E-state index in [0.29, 0.717) is 6.42 Å². The molecule has 0 unspecified atom stereocenters. The van der Waals surface area contributed by atoms with Crippen LogP contribution >= 0.6 is 0 Å². The summed E-state index contributed by atoms with van der Waals surface area (Å²) in [6, 6.07) is 14.6. The molecule has 0 aromatic heterocycles. The summed E-state index contributed by atoms with van der Waals surface area (Å²) in [6.07, 6.45) is 0.345. The van der Waals surface area contributed by atoms with Crippen molar-refractivity contribution in [3.63, 3.8) is 0 Å². The highest BCUT2D eigenvalue weighted by Gasteiger charge is 2.31. The second-order valence-electron chi connectivity index (χ2n) is 6.97. The van der Waals surface area contributed by atoms with Crippen molar-refractivity contribution in [2.75, 3.05) is 13.2 Å². The molecule has 2 aromatic rings. The Kier molecular flexibility index (Phi) is 8.14. The van der Waals surface area contributed by atoms with Gasteiger partial charge in [0.25, 0.3) is 0 Å². The van der Waals surface area contributed by atoms with Gasteiger partial charge in [0.1, 0.15) is 11.9 Å². The van der Waals surface area contributed by atoms with Crippen LogP contribution in [0.15, 0.2) is 54.6 Å². The number of nitrogens with zero attached hydrogens (tertiary/aromatic N) is 1. The first kappa shape index (κ1) is 21.6. The molecule has 0 aliphatic rings. The van der Waals surface area contributed by atoms with Gasteiger partial charge in [0, 0.05) is 25.4 Å². The molecule has 0 aliphatic heterocycles. The summed E-state index contributed by atoms with van der Waals surface area (Å²) in [5.41, 5.74) is 1.66. The minimum Gasteiger partial charge on any atom is -0.395 e. The Hall–Kier alpha value is -2.73. The molecule has 0 saturated carbocycles. The van der Waals surface area contributed by atoms with Crippen LogP contribution in [0.5, 0.6) is 0 Å². The van der Waals surface area contributed by atoms with Crippen LogP contribution in [0.3, 0.4) is 0 Å². The predicted molar refractivity (Wildman–Crippen MR) is 106 cm³/mol. The first-order valence-electron chi connectivity index (χ1n) is 9.39. The third-order valence-electron chi connectivity index (χ3n) is 4.40. The summed E-state index contributed by atoms with van der Waals surface area (Å²) in [6.45, 7) is 3.70. The number of rotatable bonds is 9. The number of aliphatic hydroxyl groups is 1. The van der Waals surface area contributed by atoms with Gasteiger partial charge in [0.2, 0.25) is 11.8 Å². The SMILES string of the molecule is CC(C)C(=O)N(Cc1ccc(F)cc1)[C@H](Cc1ccccc1)C(=O)NCCO. The maximum Gasteiger partial charge on any atom is 0.243 e. The third-order valence-corrected chi connectivity index (χ3v) is 4.40. The zero-order valence-electron chi connectivity index (χ0n) is 16.3. The van der Waals surface area contributed by atoms with Crippen molar-refractivity contribution in [3.05, 3.63) is 71.5 Å². The average Bonchev–Trinajstić information content (AvgIpc) is 2.70. The minimum atomic E-state index is -0.742. The molecule has 0 radical (unpaired) electrons. The van der Waals surface area contributed by atoms with Crippen molar-refractivity contribution in [2.24, 2.45) is 5.92 Å². The number of nitrogens with one attached hydrogen (secondary N) is 1. The topological polar surface area (TPSA) is 69.6 Å². The van der Waals surface area contributed by atoms with Crippen LogP contribution in [-0.2, 0) is 22.6 Å². The van der Waals surface area contributed by atoms with Crippen LogP contribution in [0, 0.1) is 11.7 Å². The van der Waals surface area contributed by atoms with E-state index >= 15 is 0 Å². The number of aliphatic hydroxyl groups excluding tert-OH is 1. The van der Waals surface area contributed by atoms with Gasteiger partial charge in [-0.05, 0) is 23.3 Å². The molecule has 0 bridgehead atoms. The van der Waals surface area contributed by atoms with Crippen molar-refractivity contribution in [1.82, 2.24) is 10.2 Å². The third kappa shape index (κ3) is 6.16. The highest BCUT2D eigenvalue weighted by Crippen LogP contribution is 2.17. The standard InChI is InChI=1S/C22H27FN2O3/c1-16(2)22(28)25(15-18-8-10-19(23)11-9-18)20(21(27)24-12-13-26)14-17-6-4-3-5-7-17/h3-11,16,20,26H,12-15H2,1-2H3,(H,24,27)/t20-/m1/s1. The van der Waals surface area contributed by atoms with Crippen LogP contribution in [-0.4, -0.2) is 41.0 Å². The van der Waals surface area contributed by atoms with E-state index in [4.69, 9.17) is 5.11 Å². The van der Waals surface area contributed by atoms with E-state index in [1.54, 1.807) is 26.0 Å². The van der Waals surface area contributed by atoms with Crippen LogP contribution < -0.4 is 5.32 Å². The van der Waals surface area contributed by atoms with Gasteiger partial charge >= 0.3 is 0 Å². The molecule has 6 heteroatoms. The Labute approximate surface area is 165 Å². The number of carbonyl (C=O) groups excluding carboxylic acids is 2. The smallest absolute Gasteiger partial charge is 0.243 e. The monoisotopic (exact) mass is 386 g/mol. The number of hydrogen-bond acceptors (Lipinski definition) is 3. The van der Waals surface area contributed by atoms with Crippen LogP contribution in [0.1, 0.15) is 25.0 Å². The summed E-state index contributed by atoms with van der Waals surface area (Å²) in [7, 11) is 0. The Morgan fingerprint density at radius 3 is 2.25 bits per heavy atom. The first-order chi connectivity index (χ1) is 13.4. The van der Waals surface area contributed by atoms with E-state index in [1.165, 1.54) is 17.0 Å². The predicted octanol–water partition coefficient (Wildman–Crippen LogP) is 2.53. The van der Waals surface area contributed by atoms with Crippen molar-refractivity contribution in [3.8, 4) is 0 Å². The maximum absolute atomic E-state index is 13.3. The van der Waals surface area contributed by atoms with E-state index in [9.17, 15) is 14.0 Å². The fraction of sp³-hybridized carbons (Fsp3) is 0.364. The van der Waals surface area contributed by atoms with Gasteiger partial charge in [0.15, 0.2) is 0 Å². The van der Waals surface area contributed by atoms with Crippen molar-refractivity contribution in [1.29, 1.82) is 0 Å². The summed E-state index contributed by atoms with van der Waals surface area (Å²) in [4.78, 5) is 27.3. The highest BCUT2D eigenvalue weighted by atomic mass is 19.1. The van der Waals surface area contributed by atoms with Gasteiger partial charge in [-0.15, -0.1) is 0 Å².